The number of ether oxygens (including phenoxy) is 1. The zero-order valence-corrected chi connectivity index (χ0v) is 13.2. The van der Waals surface area contributed by atoms with E-state index in [1.807, 2.05) is 24.3 Å². The van der Waals surface area contributed by atoms with Crippen LogP contribution >= 0.6 is 15.9 Å². The van der Waals surface area contributed by atoms with Gasteiger partial charge < -0.3 is 10.1 Å². The maximum Gasteiger partial charge on any atom is 0.133 e. The molecule has 0 unspecified atom stereocenters. The average molecular weight is 314 g/mol. The largest absolute Gasteiger partial charge is 0.492 e. The molecule has 0 aliphatic rings. The Labute approximate surface area is 119 Å². The summed E-state index contributed by atoms with van der Waals surface area (Å²) in [4.78, 5) is 0. The number of halogens is 1. The standard InChI is InChI=1S/C15H24BrNO/c1-15(2,3)17-11-7-4-8-12-18-14-10-6-5-9-13(14)16/h5-6,9-10,17H,4,7-8,11-12H2,1-3H3. The van der Waals surface area contributed by atoms with E-state index in [-0.39, 0.29) is 5.54 Å². The van der Waals surface area contributed by atoms with Crippen LogP contribution in [0.25, 0.3) is 0 Å². The molecule has 1 rings (SSSR count). The van der Waals surface area contributed by atoms with E-state index in [1.54, 1.807) is 0 Å². The number of nitrogens with one attached hydrogen (secondary N) is 1. The Morgan fingerprint density at radius 2 is 1.83 bits per heavy atom. The fraction of sp³-hybridized carbons (Fsp3) is 0.600. The molecular weight excluding hydrogens is 290 g/mol. The predicted molar refractivity (Wildman–Crippen MR) is 81.2 cm³/mol. The maximum absolute atomic E-state index is 5.72. The van der Waals surface area contributed by atoms with Gasteiger partial charge in [0.15, 0.2) is 0 Å². The van der Waals surface area contributed by atoms with E-state index in [0.717, 1.165) is 29.8 Å². The van der Waals surface area contributed by atoms with Crippen LogP contribution in [0.15, 0.2) is 28.7 Å². The summed E-state index contributed by atoms with van der Waals surface area (Å²) in [5.74, 6) is 0.935. The summed E-state index contributed by atoms with van der Waals surface area (Å²) in [5.41, 5.74) is 0.228. The summed E-state index contributed by atoms with van der Waals surface area (Å²) < 4.78 is 6.74. The van der Waals surface area contributed by atoms with Gasteiger partial charge in [-0.1, -0.05) is 12.1 Å². The van der Waals surface area contributed by atoms with Crippen LogP contribution < -0.4 is 10.1 Å². The second kappa shape index (κ2) is 7.80. The number of unbranched alkanes of at least 4 members (excludes halogenated alkanes) is 2. The van der Waals surface area contributed by atoms with Crippen LogP contribution in [-0.4, -0.2) is 18.7 Å². The number of hydrogen-bond donors (Lipinski definition) is 1. The van der Waals surface area contributed by atoms with E-state index in [2.05, 4.69) is 42.0 Å². The highest BCUT2D eigenvalue weighted by Gasteiger charge is 2.06. The fourth-order valence-corrected chi connectivity index (χ4v) is 2.01. The minimum absolute atomic E-state index is 0.228. The highest BCUT2D eigenvalue weighted by molar-refractivity contribution is 9.10. The van der Waals surface area contributed by atoms with Crippen LogP contribution in [0, 0.1) is 0 Å². The Hall–Kier alpha value is -0.540. The van der Waals surface area contributed by atoms with Crippen molar-refractivity contribution in [3.05, 3.63) is 28.7 Å². The van der Waals surface area contributed by atoms with E-state index in [0.29, 0.717) is 0 Å². The minimum Gasteiger partial charge on any atom is -0.492 e. The van der Waals surface area contributed by atoms with Crippen molar-refractivity contribution < 1.29 is 4.74 Å². The first kappa shape index (κ1) is 15.5. The lowest BCUT2D eigenvalue weighted by Gasteiger charge is -2.20. The van der Waals surface area contributed by atoms with E-state index in [4.69, 9.17) is 4.74 Å². The van der Waals surface area contributed by atoms with Gasteiger partial charge in [-0.25, -0.2) is 0 Å². The van der Waals surface area contributed by atoms with Crippen LogP contribution in [0.3, 0.4) is 0 Å². The Bertz CT molecular complexity index is 347. The number of rotatable bonds is 7. The summed E-state index contributed by atoms with van der Waals surface area (Å²) in [7, 11) is 0. The van der Waals surface area contributed by atoms with E-state index >= 15 is 0 Å². The van der Waals surface area contributed by atoms with Crippen molar-refractivity contribution in [1.82, 2.24) is 5.32 Å². The fourth-order valence-electron chi connectivity index (χ4n) is 1.61. The molecule has 0 radical (unpaired) electrons. The molecule has 1 aromatic carbocycles. The Morgan fingerprint density at radius 1 is 1.11 bits per heavy atom. The molecule has 0 spiro atoms. The first-order valence-corrected chi connectivity index (χ1v) is 7.41. The van der Waals surface area contributed by atoms with E-state index in [1.165, 1.54) is 12.8 Å². The molecule has 0 aliphatic heterocycles. The molecule has 0 fully saturated rings. The second-order valence-electron chi connectivity index (χ2n) is 5.52. The first-order chi connectivity index (χ1) is 8.49. The van der Waals surface area contributed by atoms with Crippen LogP contribution in [-0.2, 0) is 0 Å². The third-order valence-electron chi connectivity index (χ3n) is 2.57. The summed E-state index contributed by atoms with van der Waals surface area (Å²) in [5, 5.41) is 3.49. The molecule has 1 aromatic rings. The van der Waals surface area contributed by atoms with Gasteiger partial charge in [0, 0.05) is 5.54 Å². The van der Waals surface area contributed by atoms with Gasteiger partial charge >= 0.3 is 0 Å². The van der Waals surface area contributed by atoms with E-state index in [9.17, 15) is 0 Å². The van der Waals surface area contributed by atoms with Crippen LogP contribution in [0.4, 0.5) is 0 Å². The van der Waals surface area contributed by atoms with E-state index < -0.39 is 0 Å². The molecule has 0 aromatic heterocycles. The maximum atomic E-state index is 5.72. The van der Waals surface area contributed by atoms with Gasteiger partial charge in [-0.2, -0.15) is 0 Å². The van der Waals surface area contributed by atoms with Gasteiger partial charge in [-0.3, -0.25) is 0 Å². The van der Waals surface area contributed by atoms with Crippen LogP contribution in [0.5, 0.6) is 5.75 Å². The number of hydrogen-bond acceptors (Lipinski definition) is 2. The molecule has 0 bridgehead atoms. The predicted octanol–water partition coefficient (Wildman–Crippen LogP) is 4.39. The lowest BCUT2D eigenvalue weighted by molar-refractivity contribution is 0.301. The van der Waals surface area contributed by atoms with Crippen molar-refractivity contribution in [3.8, 4) is 5.75 Å². The normalized spacial score (nSPS) is 11.6. The number of benzene rings is 1. The number of para-hydroxylation sites is 1. The average Bonchev–Trinajstić information content (AvgIpc) is 2.28. The van der Waals surface area contributed by atoms with Gasteiger partial charge in [-0.15, -0.1) is 0 Å². The third kappa shape index (κ3) is 7.02. The topological polar surface area (TPSA) is 21.3 Å². The molecule has 2 nitrogen and oxygen atoms in total. The van der Waals surface area contributed by atoms with Crippen molar-refractivity contribution in [2.24, 2.45) is 0 Å². The smallest absolute Gasteiger partial charge is 0.133 e. The summed E-state index contributed by atoms with van der Waals surface area (Å²) >= 11 is 3.48. The van der Waals surface area contributed by atoms with Crippen molar-refractivity contribution in [2.75, 3.05) is 13.2 Å². The Morgan fingerprint density at radius 3 is 2.50 bits per heavy atom. The SMILES string of the molecule is CC(C)(C)NCCCCCOc1ccccc1Br. The zero-order valence-electron chi connectivity index (χ0n) is 11.6. The quantitative estimate of drug-likeness (QED) is 0.754. The zero-order chi connectivity index (χ0) is 13.4. The van der Waals surface area contributed by atoms with Crippen LogP contribution in [0.2, 0.25) is 0 Å². The second-order valence-corrected chi connectivity index (χ2v) is 6.37. The first-order valence-electron chi connectivity index (χ1n) is 6.61. The molecule has 0 saturated heterocycles. The highest BCUT2D eigenvalue weighted by Crippen LogP contribution is 2.23. The molecule has 18 heavy (non-hydrogen) atoms. The Kier molecular flexibility index (Phi) is 6.72. The molecule has 1 N–H and O–H groups in total. The monoisotopic (exact) mass is 313 g/mol. The molecule has 0 aliphatic carbocycles. The van der Waals surface area contributed by atoms with Gasteiger partial charge in [0.1, 0.15) is 5.75 Å². The lowest BCUT2D eigenvalue weighted by Crippen LogP contribution is -2.36. The van der Waals surface area contributed by atoms with Crippen molar-refractivity contribution in [3.63, 3.8) is 0 Å². The lowest BCUT2D eigenvalue weighted by atomic mass is 10.1. The summed E-state index contributed by atoms with van der Waals surface area (Å²) in [6, 6.07) is 7.98. The third-order valence-corrected chi connectivity index (χ3v) is 3.23. The van der Waals surface area contributed by atoms with Crippen molar-refractivity contribution in [1.29, 1.82) is 0 Å². The van der Waals surface area contributed by atoms with Gasteiger partial charge in [-0.05, 0) is 74.6 Å². The molecule has 0 amide bonds. The molecule has 3 heteroatoms. The molecule has 0 atom stereocenters. The Balaban J connectivity index is 2.04. The molecular formula is C15H24BrNO. The summed E-state index contributed by atoms with van der Waals surface area (Å²) in [6.07, 6.45) is 3.51. The van der Waals surface area contributed by atoms with Crippen molar-refractivity contribution >= 4 is 15.9 Å². The molecule has 102 valence electrons. The van der Waals surface area contributed by atoms with Crippen molar-refractivity contribution in [2.45, 2.75) is 45.6 Å². The molecule has 0 saturated carbocycles. The highest BCUT2D eigenvalue weighted by atomic mass is 79.9. The minimum atomic E-state index is 0.228. The van der Waals surface area contributed by atoms with Gasteiger partial charge in [0.2, 0.25) is 0 Å². The van der Waals surface area contributed by atoms with Crippen LogP contribution in [0.1, 0.15) is 40.0 Å². The molecule has 0 heterocycles. The van der Waals surface area contributed by atoms with Gasteiger partial charge in [0.25, 0.3) is 0 Å². The summed E-state index contributed by atoms with van der Waals surface area (Å²) in [6.45, 7) is 8.46. The van der Waals surface area contributed by atoms with Gasteiger partial charge in [0.05, 0.1) is 11.1 Å².